The van der Waals surface area contributed by atoms with Crippen molar-refractivity contribution in [1.82, 2.24) is 10.6 Å². The fourth-order valence-electron chi connectivity index (χ4n) is 1.46. The van der Waals surface area contributed by atoms with Crippen molar-refractivity contribution in [3.63, 3.8) is 0 Å². The zero-order valence-electron chi connectivity index (χ0n) is 13.2. The Morgan fingerprint density at radius 3 is 2.36 bits per heavy atom. The first-order chi connectivity index (χ1) is 9.93. The monoisotopic (exact) mass is 356 g/mol. The third kappa shape index (κ3) is 12.7. The molecule has 0 radical (unpaired) electrons. The van der Waals surface area contributed by atoms with Gasteiger partial charge in [0.15, 0.2) is 0 Å². The first-order valence-corrected chi connectivity index (χ1v) is 9.63. The standard InChI is InChI=1S/C12H24N2O6S2/c1-12(2,3)20-11(16)13-7-10(15)14-9(5-6-21-4)8-22(17,18)19/h9H,5-8H2,1-4H3,(H,13,16)(H,14,15)(H,17,18,19)/t9-/m0/s1. The lowest BCUT2D eigenvalue weighted by molar-refractivity contribution is -0.120. The van der Waals surface area contributed by atoms with Gasteiger partial charge in [0.1, 0.15) is 12.1 Å². The Bertz CT molecular complexity index is 472. The topological polar surface area (TPSA) is 122 Å². The summed E-state index contributed by atoms with van der Waals surface area (Å²) in [5, 5.41) is 4.74. The number of amides is 2. The number of thioether (sulfide) groups is 1. The highest BCUT2D eigenvalue weighted by atomic mass is 32.2. The number of nitrogens with one attached hydrogen (secondary N) is 2. The van der Waals surface area contributed by atoms with Gasteiger partial charge in [0.25, 0.3) is 10.1 Å². The summed E-state index contributed by atoms with van der Waals surface area (Å²) in [7, 11) is -4.19. The van der Waals surface area contributed by atoms with Gasteiger partial charge in [-0.3, -0.25) is 9.35 Å². The lowest BCUT2D eigenvalue weighted by atomic mass is 10.2. The van der Waals surface area contributed by atoms with E-state index in [1.165, 1.54) is 11.8 Å². The van der Waals surface area contributed by atoms with E-state index in [-0.39, 0.29) is 6.54 Å². The molecule has 10 heteroatoms. The van der Waals surface area contributed by atoms with Crippen molar-refractivity contribution in [1.29, 1.82) is 0 Å². The third-order valence-corrected chi connectivity index (χ3v) is 3.71. The van der Waals surface area contributed by atoms with Crippen LogP contribution in [0.4, 0.5) is 4.79 Å². The van der Waals surface area contributed by atoms with Crippen molar-refractivity contribution in [3.05, 3.63) is 0 Å². The lowest BCUT2D eigenvalue weighted by Gasteiger charge is -2.20. The molecule has 1 atom stereocenters. The molecular formula is C12H24N2O6S2. The summed E-state index contributed by atoms with van der Waals surface area (Å²) in [6, 6.07) is -0.713. The number of hydrogen-bond donors (Lipinski definition) is 3. The van der Waals surface area contributed by atoms with Crippen molar-refractivity contribution in [2.75, 3.05) is 24.3 Å². The molecule has 8 nitrogen and oxygen atoms in total. The van der Waals surface area contributed by atoms with Crippen molar-refractivity contribution >= 4 is 33.9 Å². The largest absolute Gasteiger partial charge is 0.444 e. The van der Waals surface area contributed by atoms with Crippen LogP contribution in [0.2, 0.25) is 0 Å². The van der Waals surface area contributed by atoms with Crippen molar-refractivity contribution in [3.8, 4) is 0 Å². The van der Waals surface area contributed by atoms with Gasteiger partial charge in [-0.05, 0) is 39.2 Å². The van der Waals surface area contributed by atoms with E-state index in [9.17, 15) is 18.0 Å². The first-order valence-electron chi connectivity index (χ1n) is 6.63. The van der Waals surface area contributed by atoms with E-state index in [0.29, 0.717) is 12.2 Å². The predicted molar refractivity (Wildman–Crippen MR) is 85.6 cm³/mol. The first kappa shape index (κ1) is 21.0. The molecule has 3 N–H and O–H groups in total. The normalized spacial score (nSPS) is 13.3. The predicted octanol–water partition coefficient (Wildman–Crippen LogP) is 0.637. The Hall–Kier alpha value is -1.00. The summed E-state index contributed by atoms with van der Waals surface area (Å²) >= 11 is 1.49. The van der Waals surface area contributed by atoms with Crippen molar-refractivity contribution in [2.24, 2.45) is 0 Å². The molecule has 22 heavy (non-hydrogen) atoms. The fourth-order valence-corrected chi connectivity index (χ4v) is 2.74. The van der Waals surface area contributed by atoms with Crippen molar-refractivity contribution in [2.45, 2.75) is 38.8 Å². The van der Waals surface area contributed by atoms with Gasteiger partial charge in [-0.15, -0.1) is 0 Å². The van der Waals surface area contributed by atoms with Gasteiger partial charge < -0.3 is 15.4 Å². The summed E-state index contributed by atoms with van der Waals surface area (Å²) in [5.74, 6) is -0.494. The summed E-state index contributed by atoms with van der Waals surface area (Å²) < 4.78 is 35.7. The summed E-state index contributed by atoms with van der Waals surface area (Å²) in [6.07, 6.45) is 1.49. The Morgan fingerprint density at radius 2 is 1.91 bits per heavy atom. The lowest BCUT2D eigenvalue weighted by Crippen LogP contribution is -2.45. The Kier molecular flexibility index (Phi) is 8.79. The Balaban J connectivity index is 4.35. The minimum absolute atomic E-state index is 0.337. The number of hydrogen-bond acceptors (Lipinski definition) is 6. The van der Waals surface area contributed by atoms with E-state index in [1.807, 2.05) is 6.26 Å². The van der Waals surface area contributed by atoms with E-state index < -0.39 is 39.5 Å². The Morgan fingerprint density at radius 1 is 1.32 bits per heavy atom. The summed E-state index contributed by atoms with van der Waals surface area (Å²) in [5.41, 5.74) is -0.674. The molecule has 130 valence electrons. The summed E-state index contributed by atoms with van der Waals surface area (Å²) in [6.45, 7) is 4.74. The molecule has 0 aliphatic rings. The van der Waals surface area contributed by atoms with Crippen LogP contribution in [0, 0.1) is 0 Å². The second kappa shape index (κ2) is 9.21. The quantitative estimate of drug-likeness (QED) is 0.545. The minimum Gasteiger partial charge on any atom is -0.444 e. The van der Waals surface area contributed by atoms with Crippen molar-refractivity contribution < 1.29 is 27.3 Å². The van der Waals surface area contributed by atoms with Gasteiger partial charge in [0.2, 0.25) is 5.91 Å². The average Bonchev–Trinajstić information content (AvgIpc) is 2.29. The molecule has 0 aromatic rings. The van der Waals surface area contributed by atoms with E-state index in [2.05, 4.69) is 10.6 Å². The molecule has 0 unspecified atom stereocenters. The minimum atomic E-state index is -4.19. The van der Waals surface area contributed by atoms with Crippen LogP contribution in [0.15, 0.2) is 0 Å². The SMILES string of the molecule is CSCC[C@@H](CS(=O)(=O)O)NC(=O)CNC(=O)OC(C)(C)C. The molecule has 0 rings (SSSR count). The highest BCUT2D eigenvalue weighted by molar-refractivity contribution is 7.98. The van der Waals surface area contributed by atoms with Crippen LogP contribution in [0.1, 0.15) is 27.2 Å². The van der Waals surface area contributed by atoms with E-state index in [4.69, 9.17) is 9.29 Å². The van der Waals surface area contributed by atoms with Crippen LogP contribution in [-0.4, -0.2) is 60.9 Å². The highest BCUT2D eigenvalue weighted by Gasteiger charge is 2.20. The molecule has 0 saturated heterocycles. The van der Waals surface area contributed by atoms with Gasteiger partial charge in [-0.1, -0.05) is 0 Å². The maximum absolute atomic E-state index is 11.7. The molecule has 2 amide bonds. The molecule has 0 heterocycles. The van der Waals surface area contributed by atoms with Gasteiger partial charge >= 0.3 is 6.09 Å². The number of rotatable bonds is 8. The van der Waals surface area contributed by atoms with Crippen LogP contribution in [0.25, 0.3) is 0 Å². The van der Waals surface area contributed by atoms with Gasteiger partial charge in [0, 0.05) is 6.04 Å². The molecular weight excluding hydrogens is 332 g/mol. The molecule has 0 saturated carbocycles. The van der Waals surface area contributed by atoms with Gasteiger partial charge in [-0.25, -0.2) is 4.79 Å². The maximum atomic E-state index is 11.7. The van der Waals surface area contributed by atoms with E-state index in [1.54, 1.807) is 20.8 Å². The van der Waals surface area contributed by atoms with Crippen LogP contribution >= 0.6 is 11.8 Å². The Labute approximate surface area is 135 Å². The van der Waals surface area contributed by atoms with Gasteiger partial charge in [0.05, 0.1) is 5.75 Å². The molecule has 0 aliphatic carbocycles. The maximum Gasteiger partial charge on any atom is 0.408 e. The number of carbonyl (C=O) groups is 2. The van der Waals surface area contributed by atoms with Crippen LogP contribution < -0.4 is 10.6 Å². The molecule has 0 spiro atoms. The second-order valence-electron chi connectivity index (χ2n) is 5.65. The average molecular weight is 356 g/mol. The number of ether oxygens (including phenoxy) is 1. The zero-order chi connectivity index (χ0) is 17.4. The van der Waals surface area contributed by atoms with E-state index >= 15 is 0 Å². The summed E-state index contributed by atoms with van der Waals surface area (Å²) in [4.78, 5) is 23.1. The number of alkyl carbamates (subject to hydrolysis) is 1. The molecule has 0 aromatic heterocycles. The number of carbonyl (C=O) groups excluding carboxylic acids is 2. The second-order valence-corrected chi connectivity index (χ2v) is 8.13. The van der Waals surface area contributed by atoms with Crippen LogP contribution in [0.5, 0.6) is 0 Å². The smallest absolute Gasteiger partial charge is 0.408 e. The van der Waals surface area contributed by atoms with Crippen LogP contribution in [0.3, 0.4) is 0 Å². The molecule has 0 fully saturated rings. The molecule has 0 bridgehead atoms. The zero-order valence-corrected chi connectivity index (χ0v) is 14.8. The molecule has 0 aliphatic heterocycles. The van der Waals surface area contributed by atoms with E-state index in [0.717, 1.165) is 0 Å². The van der Waals surface area contributed by atoms with Gasteiger partial charge in [-0.2, -0.15) is 20.2 Å². The van der Waals surface area contributed by atoms with Crippen LogP contribution in [-0.2, 0) is 19.6 Å². The highest BCUT2D eigenvalue weighted by Crippen LogP contribution is 2.06. The fraction of sp³-hybridized carbons (Fsp3) is 0.833. The third-order valence-electron chi connectivity index (χ3n) is 2.24. The molecule has 0 aromatic carbocycles.